The van der Waals surface area contributed by atoms with Gasteiger partial charge in [-0.3, -0.25) is 10.1 Å². The number of nitrogens with zero attached hydrogens (tertiary/aromatic N) is 1. The van der Waals surface area contributed by atoms with Gasteiger partial charge in [0.15, 0.2) is 0 Å². The molecule has 25 heavy (non-hydrogen) atoms. The lowest BCUT2D eigenvalue weighted by Crippen LogP contribution is -2.45. The number of ether oxygens (including phenoxy) is 2. The molecule has 0 saturated heterocycles. The van der Waals surface area contributed by atoms with Gasteiger partial charge in [0.05, 0.1) is 29.8 Å². The Morgan fingerprint density at radius 2 is 2.04 bits per heavy atom. The number of benzene rings is 1. The van der Waals surface area contributed by atoms with Gasteiger partial charge in [-0.2, -0.15) is 0 Å². The van der Waals surface area contributed by atoms with E-state index in [0.717, 1.165) is 0 Å². The van der Waals surface area contributed by atoms with Crippen molar-refractivity contribution in [1.29, 1.82) is 0 Å². The second-order valence-corrected chi connectivity index (χ2v) is 5.20. The average Bonchev–Trinajstić information content (AvgIpc) is 2.54. The maximum absolute atomic E-state index is 12.3. The Kier molecular flexibility index (Phi) is 5.58. The molecule has 134 valence electrons. The van der Waals surface area contributed by atoms with E-state index in [2.05, 4.69) is 10.6 Å². The standard InChI is InChI=1S/C16H19N3O6/c1-4-24-12-7-6-10(19(22)23)8-11(12)14-13(15(20)25-5-2)9(3)17-16(21)18-14/h6-8,14H,4-5H2,1-3H3,(H2,17,18,21)/t14-/m0/s1. The fourth-order valence-corrected chi connectivity index (χ4v) is 2.57. The molecule has 1 aromatic rings. The van der Waals surface area contributed by atoms with Gasteiger partial charge in [-0.1, -0.05) is 0 Å². The SMILES string of the molecule is CCOC(=O)C1=C(C)NC(=O)N[C@H]1c1cc([N+](=O)[O-])ccc1OCC. The first-order valence-corrected chi connectivity index (χ1v) is 7.75. The number of nitrogens with one attached hydrogen (secondary N) is 2. The van der Waals surface area contributed by atoms with Crippen LogP contribution >= 0.6 is 0 Å². The van der Waals surface area contributed by atoms with Crippen molar-refractivity contribution in [1.82, 2.24) is 10.6 Å². The largest absolute Gasteiger partial charge is 0.493 e. The third-order valence-corrected chi connectivity index (χ3v) is 3.58. The minimum absolute atomic E-state index is 0.156. The van der Waals surface area contributed by atoms with Crippen LogP contribution in [0.15, 0.2) is 29.5 Å². The highest BCUT2D eigenvalue weighted by Gasteiger charge is 2.34. The summed E-state index contributed by atoms with van der Waals surface area (Å²) in [5, 5.41) is 16.2. The number of urea groups is 1. The zero-order valence-electron chi connectivity index (χ0n) is 14.1. The lowest BCUT2D eigenvalue weighted by Gasteiger charge is -2.29. The fourth-order valence-electron chi connectivity index (χ4n) is 2.57. The van der Waals surface area contributed by atoms with E-state index in [9.17, 15) is 19.7 Å². The summed E-state index contributed by atoms with van der Waals surface area (Å²) in [6.07, 6.45) is 0. The summed E-state index contributed by atoms with van der Waals surface area (Å²) in [7, 11) is 0. The number of non-ortho nitro benzene ring substituents is 1. The Hall–Kier alpha value is -3.10. The predicted octanol–water partition coefficient (Wildman–Crippen LogP) is 2.18. The van der Waals surface area contributed by atoms with Crippen LogP contribution in [-0.4, -0.2) is 30.1 Å². The molecule has 0 bridgehead atoms. The van der Waals surface area contributed by atoms with Crippen LogP contribution in [0.2, 0.25) is 0 Å². The van der Waals surface area contributed by atoms with Gasteiger partial charge in [0.1, 0.15) is 5.75 Å². The van der Waals surface area contributed by atoms with Crippen molar-refractivity contribution in [3.63, 3.8) is 0 Å². The third kappa shape index (κ3) is 3.87. The van der Waals surface area contributed by atoms with E-state index in [1.165, 1.54) is 18.2 Å². The molecule has 0 aliphatic carbocycles. The Bertz CT molecular complexity index is 743. The van der Waals surface area contributed by atoms with Gasteiger partial charge in [-0.15, -0.1) is 0 Å². The third-order valence-electron chi connectivity index (χ3n) is 3.58. The van der Waals surface area contributed by atoms with Crippen molar-refractivity contribution in [3.05, 3.63) is 45.1 Å². The molecular weight excluding hydrogens is 330 g/mol. The fraction of sp³-hybridized carbons (Fsp3) is 0.375. The lowest BCUT2D eigenvalue weighted by atomic mass is 9.94. The van der Waals surface area contributed by atoms with Crippen LogP contribution in [0.1, 0.15) is 32.4 Å². The van der Waals surface area contributed by atoms with Crippen LogP contribution in [0.3, 0.4) is 0 Å². The predicted molar refractivity (Wildman–Crippen MR) is 88.0 cm³/mol. The quantitative estimate of drug-likeness (QED) is 0.461. The van der Waals surface area contributed by atoms with Gasteiger partial charge in [0.2, 0.25) is 0 Å². The minimum atomic E-state index is -0.922. The van der Waals surface area contributed by atoms with Crippen molar-refractivity contribution in [3.8, 4) is 5.75 Å². The van der Waals surface area contributed by atoms with Crippen molar-refractivity contribution < 1.29 is 24.0 Å². The van der Waals surface area contributed by atoms with Crippen molar-refractivity contribution in [2.75, 3.05) is 13.2 Å². The summed E-state index contributed by atoms with van der Waals surface area (Å²) in [5.74, 6) is -0.277. The zero-order chi connectivity index (χ0) is 18.6. The number of hydrogen-bond donors (Lipinski definition) is 2. The minimum Gasteiger partial charge on any atom is -0.493 e. The summed E-state index contributed by atoms with van der Waals surface area (Å²) in [4.78, 5) is 34.8. The maximum Gasteiger partial charge on any atom is 0.338 e. The van der Waals surface area contributed by atoms with Crippen molar-refractivity contribution in [2.24, 2.45) is 0 Å². The van der Waals surface area contributed by atoms with E-state index in [1.807, 2.05) is 0 Å². The Morgan fingerprint density at radius 3 is 2.64 bits per heavy atom. The first-order chi connectivity index (χ1) is 11.9. The van der Waals surface area contributed by atoms with Crippen molar-refractivity contribution >= 4 is 17.7 Å². The number of hydrogen-bond acceptors (Lipinski definition) is 6. The number of carbonyl (C=O) groups is 2. The number of carbonyl (C=O) groups excluding carboxylic acids is 2. The van der Waals surface area contributed by atoms with Gasteiger partial charge in [0.25, 0.3) is 5.69 Å². The average molecular weight is 349 g/mol. The molecule has 9 nitrogen and oxygen atoms in total. The molecule has 9 heteroatoms. The second kappa shape index (κ2) is 7.65. The van der Waals surface area contributed by atoms with Gasteiger partial charge in [-0.25, -0.2) is 9.59 Å². The van der Waals surface area contributed by atoms with Crippen LogP contribution in [0.4, 0.5) is 10.5 Å². The molecule has 1 heterocycles. The Morgan fingerprint density at radius 1 is 1.32 bits per heavy atom. The van der Waals surface area contributed by atoms with E-state index in [0.29, 0.717) is 23.6 Å². The number of nitro groups is 1. The monoisotopic (exact) mass is 349 g/mol. The number of amides is 2. The molecule has 0 radical (unpaired) electrons. The number of nitro benzene ring substituents is 1. The molecular formula is C16H19N3O6. The molecule has 1 aliphatic rings. The van der Waals surface area contributed by atoms with Gasteiger partial charge >= 0.3 is 12.0 Å². The van der Waals surface area contributed by atoms with E-state index >= 15 is 0 Å². The molecule has 2 N–H and O–H groups in total. The molecule has 2 rings (SSSR count). The van der Waals surface area contributed by atoms with E-state index < -0.39 is 23.0 Å². The van der Waals surface area contributed by atoms with Gasteiger partial charge in [-0.05, 0) is 26.8 Å². The van der Waals surface area contributed by atoms with E-state index in [4.69, 9.17) is 9.47 Å². The second-order valence-electron chi connectivity index (χ2n) is 5.20. The summed E-state index contributed by atoms with van der Waals surface area (Å²) in [5.41, 5.74) is 0.629. The summed E-state index contributed by atoms with van der Waals surface area (Å²) < 4.78 is 10.6. The molecule has 1 aromatic carbocycles. The highest BCUT2D eigenvalue weighted by Crippen LogP contribution is 2.36. The summed E-state index contributed by atoms with van der Waals surface area (Å²) in [6, 6.07) is 2.59. The topological polar surface area (TPSA) is 120 Å². The smallest absolute Gasteiger partial charge is 0.338 e. The Labute approximate surface area is 144 Å². The first-order valence-electron chi connectivity index (χ1n) is 7.75. The molecule has 2 amide bonds. The molecule has 0 unspecified atom stereocenters. The molecule has 0 fully saturated rings. The van der Waals surface area contributed by atoms with Crippen LogP contribution in [0.5, 0.6) is 5.75 Å². The highest BCUT2D eigenvalue weighted by molar-refractivity contribution is 5.95. The number of rotatable bonds is 6. The molecule has 0 spiro atoms. The van der Waals surface area contributed by atoms with Crippen LogP contribution < -0.4 is 15.4 Å². The van der Waals surface area contributed by atoms with Gasteiger partial charge in [0, 0.05) is 23.4 Å². The Balaban J connectivity index is 2.60. The van der Waals surface area contributed by atoms with Crippen LogP contribution in [0, 0.1) is 10.1 Å². The first kappa shape index (κ1) is 18.2. The molecule has 0 saturated carbocycles. The van der Waals surface area contributed by atoms with Crippen LogP contribution in [0.25, 0.3) is 0 Å². The van der Waals surface area contributed by atoms with E-state index in [1.54, 1.807) is 20.8 Å². The zero-order valence-corrected chi connectivity index (χ0v) is 14.1. The number of esters is 1. The number of allylic oxidation sites excluding steroid dienone is 1. The molecule has 1 atom stereocenters. The van der Waals surface area contributed by atoms with Crippen molar-refractivity contribution in [2.45, 2.75) is 26.8 Å². The lowest BCUT2D eigenvalue weighted by molar-refractivity contribution is -0.385. The van der Waals surface area contributed by atoms with Gasteiger partial charge < -0.3 is 20.1 Å². The summed E-state index contributed by atoms with van der Waals surface area (Å²) in [6.45, 7) is 5.47. The summed E-state index contributed by atoms with van der Waals surface area (Å²) >= 11 is 0. The van der Waals surface area contributed by atoms with E-state index in [-0.39, 0.29) is 17.9 Å². The molecule has 0 aromatic heterocycles. The molecule has 1 aliphatic heterocycles. The highest BCUT2D eigenvalue weighted by atomic mass is 16.6. The normalized spacial score (nSPS) is 16.8. The maximum atomic E-state index is 12.3. The van der Waals surface area contributed by atoms with Crippen LogP contribution in [-0.2, 0) is 9.53 Å².